The van der Waals surface area contributed by atoms with Crippen LogP contribution in [-0.2, 0) is 6.42 Å². The minimum absolute atomic E-state index is 0.708. The van der Waals surface area contributed by atoms with E-state index in [0.29, 0.717) is 5.82 Å². The molecule has 0 amide bonds. The quantitative estimate of drug-likeness (QED) is 0.783. The van der Waals surface area contributed by atoms with Crippen molar-refractivity contribution < 1.29 is 0 Å². The number of nitriles is 1. The van der Waals surface area contributed by atoms with E-state index >= 15 is 0 Å². The van der Waals surface area contributed by atoms with Crippen molar-refractivity contribution in [2.45, 2.75) is 19.8 Å². The lowest BCUT2D eigenvalue weighted by atomic mass is 10.1. The molecule has 0 bridgehead atoms. The maximum Gasteiger partial charge on any atom is 0.159 e. The highest BCUT2D eigenvalue weighted by Crippen LogP contribution is 2.15. The molecule has 0 atom stereocenters. The summed E-state index contributed by atoms with van der Waals surface area (Å²) in [7, 11) is 0. The van der Waals surface area contributed by atoms with Crippen LogP contribution in [0.25, 0.3) is 11.4 Å². The van der Waals surface area contributed by atoms with Crippen molar-refractivity contribution in [1.29, 1.82) is 5.26 Å². The van der Waals surface area contributed by atoms with Crippen LogP contribution in [0, 0.1) is 23.2 Å². The van der Waals surface area contributed by atoms with E-state index in [-0.39, 0.29) is 0 Å². The first-order chi connectivity index (χ1) is 9.33. The molecule has 0 radical (unpaired) electrons. The molecule has 0 saturated carbocycles. The smallest absolute Gasteiger partial charge is 0.159 e. The molecule has 1 aromatic heterocycles. The molecular weight excluding hydrogens is 234 g/mol. The van der Waals surface area contributed by atoms with Gasteiger partial charge in [0.25, 0.3) is 0 Å². The molecule has 0 spiro atoms. The minimum atomic E-state index is 0.708. The van der Waals surface area contributed by atoms with Crippen molar-refractivity contribution in [1.82, 2.24) is 9.97 Å². The van der Waals surface area contributed by atoms with Gasteiger partial charge in [0, 0.05) is 29.4 Å². The average Bonchev–Trinajstić information content (AvgIpc) is 2.47. The molecule has 2 aromatic rings. The van der Waals surface area contributed by atoms with E-state index < -0.39 is 0 Å². The van der Waals surface area contributed by atoms with Crippen LogP contribution in [0.2, 0.25) is 0 Å². The Morgan fingerprint density at radius 2 is 1.79 bits per heavy atom. The highest BCUT2D eigenvalue weighted by molar-refractivity contribution is 5.56. The second-order valence-corrected chi connectivity index (χ2v) is 4.10. The molecule has 1 aromatic carbocycles. The summed E-state index contributed by atoms with van der Waals surface area (Å²) in [5, 5.41) is 8.39. The summed E-state index contributed by atoms with van der Waals surface area (Å²) in [5.74, 6) is 5.82. The van der Waals surface area contributed by atoms with Crippen LogP contribution in [0.5, 0.6) is 0 Å². The first-order valence-corrected chi connectivity index (χ1v) is 6.15. The Hall–Kier alpha value is -2.65. The molecule has 92 valence electrons. The third kappa shape index (κ3) is 3.40. The van der Waals surface area contributed by atoms with Gasteiger partial charge in [0.15, 0.2) is 11.9 Å². The van der Waals surface area contributed by atoms with E-state index in [4.69, 9.17) is 5.26 Å². The fourth-order valence-electron chi connectivity index (χ4n) is 1.72. The molecule has 2 rings (SSSR count). The van der Waals surface area contributed by atoms with Crippen LogP contribution in [0.1, 0.15) is 24.5 Å². The predicted molar refractivity (Wildman–Crippen MR) is 74.0 cm³/mol. The van der Waals surface area contributed by atoms with Crippen molar-refractivity contribution in [2.75, 3.05) is 0 Å². The molecular formula is C16H13N3. The van der Waals surface area contributed by atoms with Gasteiger partial charge in [-0.15, -0.1) is 0 Å². The molecule has 0 saturated heterocycles. The molecule has 0 aliphatic heterocycles. The minimum Gasteiger partial charge on any atom is -0.236 e. The standard InChI is InChI=1S/C16H13N3/c1-2-4-14-11-18-16(19-12-14)15-8-6-13(7-9-15)5-3-10-17/h6-9,11-12H,2,4H2,1H3. The second-order valence-electron chi connectivity index (χ2n) is 4.10. The molecule has 3 heteroatoms. The zero-order chi connectivity index (χ0) is 13.5. The molecule has 0 aliphatic carbocycles. The average molecular weight is 247 g/mol. The van der Waals surface area contributed by atoms with Gasteiger partial charge in [-0.05, 0) is 36.2 Å². The molecule has 3 nitrogen and oxygen atoms in total. The Morgan fingerprint density at radius 3 is 2.37 bits per heavy atom. The largest absolute Gasteiger partial charge is 0.236 e. The fraction of sp³-hybridized carbons (Fsp3) is 0.188. The van der Waals surface area contributed by atoms with Gasteiger partial charge in [0.2, 0.25) is 0 Å². The fourth-order valence-corrected chi connectivity index (χ4v) is 1.72. The molecule has 0 aliphatic rings. The third-order valence-corrected chi connectivity index (χ3v) is 2.65. The summed E-state index contributed by atoms with van der Waals surface area (Å²) in [6.07, 6.45) is 5.84. The molecule has 0 unspecified atom stereocenters. The van der Waals surface area contributed by atoms with E-state index in [1.807, 2.05) is 36.7 Å². The lowest BCUT2D eigenvalue weighted by Gasteiger charge is -2.02. The number of hydrogen-bond acceptors (Lipinski definition) is 3. The maximum absolute atomic E-state index is 8.39. The van der Waals surface area contributed by atoms with E-state index in [0.717, 1.165) is 29.5 Å². The van der Waals surface area contributed by atoms with Crippen molar-refractivity contribution >= 4 is 0 Å². The lowest BCUT2D eigenvalue weighted by molar-refractivity contribution is 0.902. The van der Waals surface area contributed by atoms with Gasteiger partial charge >= 0.3 is 0 Å². The summed E-state index contributed by atoms with van der Waals surface area (Å²) in [6, 6.07) is 9.35. The second kappa shape index (κ2) is 6.33. The number of aryl methyl sites for hydroxylation is 1. The van der Waals surface area contributed by atoms with Crippen LogP contribution in [0.3, 0.4) is 0 Å². The Morgan fingerprint density at radius 1 is 1.11 bits per heavy atom. The number of nitrogens with zero attached hydrogens (tertiary/aromatic N) is 3. The van der Waals surface area contributed by atoms with E-state index in [2.05, 4.69) is 28.7 Å². The Labute approximate surface area is 113 Å². The SMILES string of the molecule is CCCc1cnc(-c2ccc(C#CC#N)cc2)nc1. The first kappa shape index (κ1) is 12.8. The van der Waals surface area contributed by atoms with Gasteiger partial charge < -0.3 is 0 Å². The summed E-state index contributed by atoms with van der Waals surface area (Å²) >= 11 is 0. The molecule has 19 heavy (non-hydrogen) atoms. The zero-order valence-electron chi connectivity index (χ0n) is 10.7. The van der Waals surface area contributed by atoms with Crippen molar-refractivity contribution in [3.05, 3.63) is 47.8 Å². The Kier molecular flexibility index (Phi) is 4.26. The van der Waals surface area contributed by atoms with Crippen molar-refractivity contribution in [3.63, 3.8) is 0 Å². The van der Waals surface area contributed by atoms with Gasteiger partial charge in [-0.1, -0.05) is 19.3 Å². The number of hydrogen-bond donors (Lipinski definition) is 0. The topological polar surface area (TPSA) is 49.6 Å². The van der Waals surface area contributed by atoms with Crippen LogP contribution < -0.4 is 0 Å². The summed E-state index contributed by atoms with van der Waals surface area (Å²) in [4.78, 5) is 8.72. The first-order valence-electron chi connectivity index (χ1n) is 6.15. The number of rotatable bonds is 3. The number of benzene rings is 1. The van der Waals surface area contributed by atoms with Crippen LogP contribution in [0.15, 0.2) is 36.7 Å². The maximum atomic E-state index is 8.39. The van der Waals surface area contributed by atoms with Crippen LogP contribution in [-0.4, -0.2) is 9.97 Å². The highest BCUT2D eigenvalue weighted by Gasteiger charge is 2.01. The normalized spacial score (nSPS) is 9.26. The summed E-state index contributed by atoms with van der Waals surface area (Å²) < 4.78 is 0. The predicted octanol–water partition coefficient (Wildman–Crippen LogP) is 2.97. The lowest BCUT2D eigenvalue weighted by Crippen LogP contribution is -1.92. The monoisotopic (exact) mass is 247 g/mol. The zero-order valence-corrected chi connectivity index (χ0v) is 10.7. The Bertz CT molecular complexity index is 638. The van der Waals surface area contributed by atoms with Gasteiger partial charge in [0.1, 0.15) is 0 Å². The van der Waals surface area contributed by atoms with Crippen molar-refractivity contribution in [3.8, 4) is 29.3 Å². The van der Waals surface area contributed by atoms with E-state index in [9.17, 15) is 0 Å². The van der Waals surface area contributed by atoms with E-state index in [1.165, 1.54) is 0 Å². The van der Waals surface area contributed by atoms with E-state index in [1.54, 1.807) is 6.07 Å². The highest BCUT2D eigenvalue weighted by atomic mass is 14.9. The molecule has 0 N–H and O–H groups in total. The van der Waals surface area contributed by atoms with Gasteiger partial charge in [-0.3, -0.25) is 0 Å². The van der Waals surface area contributed by atoms with Gasteiger partial charge in [-0.25, -0.2) is 9.97 Å². The van der Waals surface area contributed by atoms with Gasteiger partial charge in [-0.2, -0.15) is 5.26 Å². The van der Waals surface area contributed by atoms with Crippen molar-refractivity contribution in [2.24, 2.45) is 0 Å². The number of aromatic nitrogens is 2. The van der Waals surface area contributed by atoms with Crippen LogP contribution >= 0.6 is 0 Å². The summed E-state index contributed by atoms with van der Waals surface area (Å²) in [5.41, 5.74) is 2.92. The molecule has 0 fully saturated rings. The summed E-state index contributed by atoms with van der Waals surface area (Å²) in [6.45, 7) is 2.13. The Balaban J connectivity index is 2.20. The third-order valence-electron chi connectivity index (χ3n) is 2.65. The van der Waals surface area contributed by atoms with Crippen LogP contribution in [0.4, 0.5) is 0 Å². The molecule has 1 heterocycles. The van der Waals surface area contributed by atoms with Gasteiger partial charge in [0.05, 0.1) is 0 Å².